The second-order valence-electron chi connectivity index (χ2n) is 7.51. The smallest absolute Gasteiger partial charge is 0.342 e. The fraction of sp³-hybridized carbons (Fsp3) is 0.182. The predicted octanol–water partition coefficient (Wildman–Crippen LogP) is 1.27. The molecule has 2 aromatic rings. The van der Waals surface area contributed by atoms with Gasteiger partial charge in [-0.1, -0.05) is 30.0 Å². The van der Waals surface area contributed by atoms with E-state index in [0.29, 0.717) is 11.3 Å². The first-order valence-corrected chi connectivity index (χ1v) is 10.5. The number of primary amides is 1. The Labute approximate surface area is 186 Å². The van der Waals surface area contributed by atoms with Crippen molar-refractivity contribution in [2.45, 2.75) is 11.2 Å². The summed E-state index contributed by atoms with van der Waals surface area (Å²) < 4.78 is 10.7. The number of hydrogen-bond donors (Lipinski definition) is 2. The molecule has 32 heavy (non-hydrogen) atoms. The molecule has 1 saturated heterocycles. The van der Waals surface area contributed by atoms with E-state index in [0.717, 1.165) is 16.7 Å². The number of fused-ring (bicyclic) bond motifs is 5. The van der Waals surface area contributed by atoms with Crippen molar-refractivity contribution in [1.82, 2.24) is 0 Å². The number of para-hydroxylation sites is 1. The van der Waals surface area contributed by atoms with E-state index >= 15 is 0 Å². The van der Waals surface area contributed by atoms with E-state index in [1.807, 2.05) is 0 Å². The molecule has 3 heterocycles. The summed E-state index contributed by atoms with van der Waals surface area (Å²) in [6, 6.07) is 11.1. The molecule has 4 N–H and O–H groups in total. The van der Waals surface area contributed by atoms with E-state index in [2.05, 4.69) is 0 Å². The summed E-state index contributed by atoms with van der Waals surface area (Å²) in [7, 11) is 1.39. The van der Waals surface area contributed by atoms with Gasteiger partial charge >= 0.3 is 5.97 Å². The number of rotatable bonds is 3. The largest absolute Gasteiger partial charge is 0.495 e. The highest BCUT2D eigenvalue weighted by Gasteiger charge is 2.59. The zero-order valence-electron chi connectivity index (χ0n) is 16.7. The van der Waals surface area contributed by atoms with Crippen molar-refractivity contribution in [1.29, 1.82) is 0 Å². The first-order valence-electron chi connectivity index (χ1n) is 9.66. The van der Waals surface area contributed by atoms with Crippen LogP contribution >= 0.6 is 11.8 Å². The summed E-state index contributed by atoms with van der Waals surface area (Å²) >= 11 is 0.967. The van der Waals surface area contributed by atoms with E-state index in [-0.39, 0.29) is 27.6 Å². The first kappa shape index (κ1) is 20.1. The zero-order valence-corrected chi connectivity index (χ0v) is 17.5. The van der Waals surface area contributed by atoms with Gasteiger partial charge in [0, 0.05) is 17.0 Å². The normalized spacial score (nSPS) is 24.0. The number of anilines is 1. The van der Waals surface area contributed by atoms with Gasteiger partial charge in [-0.05, 0) is 24.3 Å². The molecule has 3 aliphatic heterocycles. The van der Waals surface area contributed by atoms with Gasteiger partial charge in [0.05, 0.1) is 29.3 Å². The molecule has 10 heteroatoms. The van der Waals surface area contributed by atoms with Gasteiger partial charge < -0.3 is 20.9 Å². The van der Waals surface area contributed by atoms with Crippen molar-refractivity contribution < 1.29 is 28.7 Å². The number of nitrogens with zero attached hydrogens (tertiary/aromatic N) is 1. The van der Waals surface area contributed by atoms with Gasteiger partial charge in [-0.2, -0.15) is 0 Å². The Morgan fingerprint density at radius 1 is 1.12 bits per heavy atom. The summed E-state index contributed by atoms with van der Waals surface area (Å²) in [5, 5.41) is -0.700. The molecule has 5 rings (SSSR count). The van der Waals surface area contributed by atoms with Gasteiger partial charge in [-0.15, -0.1) is 0 Å². The van der Waals surface area contributed by atoms with Crippen LogP contribution in [0.1, 0.15) is 21.8 Å². The summed E-state index contributed by atoms with van der Waals surface area (Å²) in [4.78, 5) is 52.5. The lowest BCUT2D eigenvalue weighted by molar-refractivity contribution is -0.131. The van der Waals surface area contributed by atoms with E-state index < -0.39 is 40.8 Å². The molecule has 3 aliphatic rings. The predicted molar refractivity (Wildman–Crippen MR) is 115 cm³/mol. The van der Waals surface area contributed by atoms with Gasteiger partial charge in [0.15, 0.2) is 0 Å². The fourth-order valence-electron chi connectivity index (χ4n) is 4.46. The molecule has 0 bridgehead atoms. The van der Waals surface area contributed by atoms with Crippen LogP contribution in [-0.2, 0) is 14.4 Å². The molecule has 162 valence electrons. The number of nitrogens with two attached hydrogens (primary N) is 2. The number of methoxy groups -OCH3 is 1. The average molecular weight is 451 g/mol. The Hall–Kier alpha value is -3.79. The molecule has 0 aliphatic carbocycles. The summed E-state index contributed by atoms with van der Waals surface area (Å²) in [6.07, 6.45) is 0. The molecule has 1 fully saturated rings. The zero-order chi connectivity index (χ0) is 22.7. The standard InChI is InChI=1S/C22H17N3O6S/c1-30-13-7-6-9(18(23)26)8-11(13)25-20(27)15-14-10-4-2-3-5-12(10)31-22(29)16(14)19(24)32-17(15)21(25)28/h2-8,14-15,17H,24H2,1H3,(H2,23,26)/t14-,15-,17-/m1/s1. The van der Waals surface area contributed by atoms with Crippen LogP contribution < -0.4 is 25.8 Å². The molecule has 0 saturated carbocycles. The van der Waals surface area contributed by atoms with Gasteiger partial charge in [0.1, 0.15) is 16.7 Å². The molecule has 0 radical (unpaired) electrons. The van der Waals surface area contributed by atoms with Crippen LogP contribution in [0.5, 0.6) is 11.5 Å². The summed E-state index contributed by atoms with van der Waals surface area (Å²) in [5.41, 5.74) is 12.6. The number of esters is 1. The van der Waals surface area contributed by atoms with Crippen molar-refractivity contribution in [2.75, 3.05) is 12.0 Å². The molecule has 2 aromatic carbocycles. The minimum absolute atomic E-state index is 0.112. The Bertz CT molecular complexity index is 1260. The molecule has 0 aromatic heterocycles. The Morgan fingerprint density at radius 3 is 2.59 bits per heavy atom. The number of benzene rings is 2. The van der Waals surface area contributed by atoms with E-state index in [1.165, 1.54) is 25.3 Å². The highest BCUT2D eigenvalue weighted by Crippen LogP contribution is 2.55. The molecule has 3 atom stereocenters. The third kappa shape index (κ3) is 2.72. The molecule has 3 amide bonds. The van der Waals surface area contributed by atoms with Crippen molar-refractivity contribution in [2.24, 2.45) is 17.4 Å². The number of hydrogen-bond acceptors (Lipinski definition) is 8. The Balaban J connectivity index is 1.66. The third-order valence-electron chi connectivity index (χ3n) is 5.87. The second-order valence-corrected chi connectivity index (χ2v) is 8.69. The maximum atomic E-state index is 13.7. The van der Waals surface area contributed by atoms with Crippen molar-refractivity contribution in [3.05, 3.63) is 64.2 Å². The second kappa shape index (κ2) is 7.13. The maximum absolute atomic E-state index is 13.7. The summed E-state index contributed by atoms with van der Waals surface area (Å²) in [6.45, 7) is 0. The lowest BCUT2D eigenvalue weighted by Gasteiger charge is -2.36. The fourth-order valence-corrected chi connectivity index (χ4v) is 5.70. The van der Waals surface area contributed by atoms with Crippen molar-refractivity contribution >= 4 is 41.1 Å². The van der Waals surface area contributed by atoms with Gasteiger partial charge in [-0.25, -0.2) is 9.69 Å². The number of thioether (sulfide) groups is 1. The van der Waals surface area contributed by atoms with E-state index in [9.17, 15) is 19.2 Å². The maximum Gasteiger partial charge on any atom is 0.342 e. The van der Waals surface area contributed by atoms with Crippen molar-refractivity contribution in [3.8, 4) is 11.5 Å². The van der Waals surface area contributed by atoms with Crippen LogP contribution in [0.2, 0.25) is 0 Å². The lowest BCUT2D eigenvalue weighted by Crippen LogP contribution is -2.39. The first-order chi connectivity index (χ1) is 15.3. The van der Waals surface area contributed by atoms with Gasteiger partial charge in [0.25, 0.3) is 0 Å². The van der Waals surface area contributed by atoms with Crippen molar-refractivity contribution in [3.63, 3.8) is 0 Å². The highest BCUT2D eigenvalue weighted by molar-refractivity contribution is 8.04. The number of carbonyl (C=O) groups excluding carboxylic acids is 4. The molecular weight excluding hydrogens is 434 g/mol. The number of carbonyl (C=O) groups is 4. The topological polar surface area (TPSA) is 142 Å². The lowest BCUT2D eigenvalue weighted by atomic mass is 9.77. The molecule has 0 spiro atoms. The van der Waals surface area contributed by atoms with Crippen LogP contribution in [0.4, 0.5) is 5.69 Å². The number of amides is 3. The highest BCUT2D eigenvalue weighted by atomic mass is 32.2. The molecule has 9 nitrogen and oxygen atoms in total. The Kier molecular flexibility index (Phi) is 4.48. The van der Waals surface area contributed by atoms with Gasteiger partial charge in [0.2, 0.25) is 17.7 Å². The van der Waals surface area contributed by atoms with E-state index in [1.54, 1.807) is 24.3 Å². The molecular formula is C22H17N3O6S. The van der Waals surface area contributed by atoms with Crippen LogP contribution in [-0.4, -0.2) is 36.1 Å². The van der Waals surface area contributed by atoms with Crippen LogP contribution in [0.25, 0.3) is 0 Å². The van der Waals surface area contributed by atoms with Gasteiger partial charge in [-0.3, -0.25) is 14.4 Å². The Morgan fingerprint density at radius 2 is 1.88 bits per heavy atom. The molecule has 0 unspecified atom stereocenters. The number of ether oxygens (including phenoxy) is 2. The quantitative estimate of drug-likeness (QED) is 0.404. The third-order valence-corrected chi connectivity index (χ3v) is 7.09. The monoisotopic (exact) mass is 451 g/mol. The van der Waals surface area contributed by atoms with E-state index in [4.69, 9.17) is 20.9 Å². The van der Waals surface area contributed by atoms with Crippen LogP contribution in [0.15, 0.2) is 53.1 Å². The minimum Gasteiger partial charge on any atom is -0.495 e. The minimum atomic E-state index is -0.884. The number of imide groups is 1. The summed E-state index contributed by atoms with van der Waals surface area (Å²) in [5.74, 6) is -3.44. The van der Waals surface area contributed by atoms with Crippen LogP contribution in [0.3, 0.4) is 0 Å². The van der Waals surface area contributed by atoms with Crippen LogP contribution in [0, 0.1) is 5.92 Å². The SMILES string of the molecule is COc1ccc(C(N)=O)cc1N1C(=O)[C@@H]2[C@@H]3C(=C(N)S[C@H]2C1=O)C(=O)Oc1ccccc13. The average Bonchev–Trinajstić information content (AvgIpc) is 3.02.